The highest BCUT2D eigenvalue weighted by Gasteiger charge is 2.13. The molecule has 4 rings (SSSR count). The van der Waals surface area contributed by atoms with Crippen LogP contribution in [-0.4, -0.2) is 26.0 Å². The second-order valence-corrected chi connectivity index (χ2v) is 7.63. The fourth-order valence-corrected chi connectivity index (χ4v) is 3.09. The molecule has 6 heteroatoms. The lowest BCUT2D eigenvalue weighted by Crippen LogP contribution is -2.10. The molecular weight excluding hydrogens is 336 g/mol. The SMILES string of the molecule is Cn1c2ccccc2c2nnc(NN=Cc3ccc(C(C)(C)C)cc3)nc21. The molecule has 0 fully saturated rings. The van der Waals surface area contributed by atoms with Gasteiger partial charge in [0, 0.05) is 12.4 Å². The summed E-state index contributed by atoms with van der Waals surface area (Å²) in [5.74, 6) is 0.371. The number of nitrogens with one attached hydrogen (secondary N) is 1. The first-order valence-electron chi connectivity index (χ1n) is 8.91. The van der Waals surface area contributed by atoms with Crippen molar-refractivity contribution < 1.29 is 0 Å². The average Bonchev–Trinajstić information content (AvgIpc) is 2.94. The first kappa shape index (κ1) is 17.1. The summed E-state index contributed by atoms with van der Waals surface area (Å²) in [5.41, 5.74) is 7.96. The Morgan fingerprint density at radius 1 is 1.00 bits per heavy atom. The minimum Gasteiger partial charge on any atom is -0.327 e. The summed E-state index contributed by atoms with van der Waals surface area (Å²) in [6.07, 6.45) is 1.75. The van der Waals surface area contributed by atoms with E-state index in [1.807, 2.05) is 35.9 Å². The van der Waals surface area contributed by atoms with Gasteiger partial charge in [0.05, 0.1) is 11.7 Å². The highest BCUT2D eigenvalue weighted by Crippen LogP contribution is 2.25. The van der Waals surface area contributed by atoms with Gasteiger partial charge in [-0.3, -0.25) is 0 Å². The van der Waals surface area contributed by atoms with Gasteiger partial charge in [-0.25, -0.2) is 5.43 Å². The molecule has 27 heavy (non-hydrogen) atoms. The van der Waals surface area contributed by atoms with Gasteiger partial charge in [-0.05, 0) is 22.6 Å². The van der Waals surface area contributed by atoms with E-state index in [-0.39, 0.29) is 5.41 Å². The predicted molar refractivity (Wildman–Crippen MR) is 110 cm³/mol. The number of rotatable bonds is 3. The van der Waals surface area contributed by atoms with Crippen LogP contribution in [0, 0.1) is 0 Å². The summed E-state index contributed by atoms with van der Waals surface area (Å²) in [4.78, 5) is 4.55. The van der Waals surface area contributed by atoms with Gasteiger partial charge in [-0.1, -0.05) is 63.2 Å². The number of hydrogen-bond donors (Lipinski definition) is 1. The third-order valence-electron chi connectivity index (χ3n) is 4.66. The monoisotopic (exact) mass is 358 g/mol. The summed E-state index contributed by atoms with van der Waals surface area (Å²) in [6, 6.07) is 16.4. The van der Waals surface area contributed by atoms with Crippen molar-refractivity contribution in [3.05, 3.63) is 59.7 Å². The van der Waals surface area contributed by atoms with E-state index in [2.05, 4.69) is 70.7 Å². The van der Waals surface area contributed by atoms with Crippen molar-refractivity contribution in [1.29, 1.82) is 0 Å². The molecule has 0 aliphatic rings. The molecule has 0 saturated heterocycles. The van der Waals surface area contributed by atoms with E-state index in [9.17, 15) is 0 Å². The van der Waals surface area contributed by atoms with Crippen molar-refractivity contribution in [1.82, 2.24) is 19.7 Å². The van der Waals surface area contributed by atoms with E-state index in [4.69, 9.17) is 0 Å². The van der Waals surface area contributed by atoms with Crippen molar-refractivity contribution in [3.8, 4) is 0 Å². The Hall–Kier alpha value is -3.28. The molecule has 0 amide bonds. The van der Waals surface area contributed by atoms with Gasteiger partial charge < -0.3 is 4.57 Å². The summed E-state index contributed by atoms with van der Waals surface area (Å²) in [6.45, 7) is 6.60. The molecular formula is C21H22N6. The third kappa shape index (κ3) is 3.26. The highest BCUT2D eigenvalue weighted by molar-refractivity contribution is 6.04. The van der Waals surface area contributed by atoms with Crippen molar-refractivity contribution in [3.63, 3.8) is 0 Å². The lowest BCUT2D eigenvalue weighted by molar-refractivity contribution is 0.590. The van der Waals surface area contributed by atoms with E-state index in [0.29, 0.717) is 5.95 Å². The van der Waals surface area contributed by atoms with Crippen LogP contribution in [0.25, 0.3) is 22.1 Å². The van der Waals surface area contributed by atoms with Crippen molar-refractivity contribution in [2.75, 3.05) is 5.43 Å². The molecule has 0 atom stereocenters. The Labute approximate surface area is 158 Å². The van der Waals surface area contributed by atoms with Crippen molar-refractivity contribution in [2.24, 2.45) is 12.1 Å². The lowest BCUT2D eigenvalue weighted by Gasteiger charge is -2.18. The van der Waals surface area contributed by atoms with Gasteiger partial charge in [0.15, 0.2) is 5.65 Å². The zero-order valence-corrected chi connectivity index (χ0v) is 15.9. The maximum atomic E-state index is 4.55. The van der Waals surface area contributed by atoms with Crippen LogP contribution in [0.15, 0.2) is 53.6 Å². The molecule has 136 valence electrons. The van der Waals surface area contributed by atoms with E-state index in [1.54, 1.807) is 6.21 Å². The summed E-state index contributed by atoms with van der Waals surface area (Å²) < 4.78 is 2.01. The second-order valence-electron chi connectivity index (χ2n) is 7.63. The largest absolute Gasteiger partial charge is 0.327 e. The van der Waals surface area contributed by atoms with E-state index >= 15 is 0 Å². The Kier molecular flexibility index (Phi) is 4.11. The van der Waals surface area contributed by atoms with Gasteiger partial charge in [-0.2, -0.15) is 10.1 Å². The smallest absolute Gasteiger partial charge is 0.265 e. The maximum Gasteiger partial charge on any atom is 0.265 e. The Morgan fingerprint density at radius 2 is 1.74 bits per heavy atom. The summed E-state index contributed by atoms with van der Waals surface area (Å²) >= 11 is 0. The van der Waals surface area contributed by atoms with Crippen LogP contribution in [-0.2, 0) is 12.5 Å². The first-order valence-corrected chi connectivity index (χ1v) is 8.91. The molecule has 2 aromatic heterocycles. The third-order valence-corrected chi connectivity index (χ3v) is 4.66. The number of hydrogen-bond acceptors (Lipinski definition) is 5. The minimum atomic E-state index is 0.140. The van der Waals surface area contributed by atoms with Gasteiger partial charge in [0.1, 0.15) is 5.52 Å². The molecule has 0 aliphatic heterocycles. The molecule has 0 unspecified atom stereocenters. The van der Waals surface area contributed by atoms with Crippen molar-refractivity contribution >= 4 is 34.2 Å². The van der Waals surface area contributed by atoms with Crippen LogP contribution in [0.5, 0.6) is 0 Å². The zero-order chi connectivity index (χ0) is 19.0. The molecule has 0 radical (unpaired) electrons. The number of benzene rings is 2. The number of nitrogens with zero attached hydrogens (tertiary/aromatic N) is 5. The number of para-hydroxylation sites is 1. The van der Waals surface area contributed by atoms with E-state index < -0.39 is 0 Å². The topological polar surface area (TPSA) is 68.0 Å². The molecule has 0 spiro atoms. The van der Waals surface area contributed by atoms with Gasteiger partial charge in [0.25, 0.3) is 5.95 Å². The molecule has 0 aliphatic carbocycles. The predicted octanol–water partition coefficient (Wildman–Crippen LogP) is 4.26. The molecule has 0 bridgehead atoms. The molecule has 6 nitrogen and oxygen atoms in total. The molecule has 2 heterocycles. The van der Waals surface area contributed by atoms with E-state index in [1.165, 1.54) is 5.56 Å². The maximum absolute atomic E-state index is 4.55. The standard InChI is InChI=1S/C21H22N6/c1-21(2,3)15-11-9-14(10-12-15)13-22-25-20-23-19-18(24-26-20)16-7-5-6-8-17(16)27(19)4/h5-13H,1-4H3,(H,23,25,26). The minimum absolute atomic E-state index is 0.140. The number of aromatic nitrogens is 4. The van der Waals surface area contributed by atoms with Crippen LogP contribution in [0.1, 0.15) is 31.9 Å². The zero-order valence-electron chi connectivity index (χ0n) is 15.9. The summed E-state index contributed by atoms with van der Waals surface area (Å²) in [5, 5.41) is 13.8. The van der Waals surface area contributed by atoms with Crippen LogP contribution in [0.2, 0.25) is 0 Å². The summed E-state index contributed by atoms with van der Waals surface area (Å²) in [7, 11) is 1.98. The van der Waals surface area contributed by atoms with E-state index in [0.717, 1.165) is 27.6 Å². The second kappa shape index (κ2) is 6.46. The number of fused-ring (bicyclic) bond motifs is 3. The van der Waals surface area contributed by atoms with Gasteiger partial charge in [0.2, 0.25) is 0 Å². The Bertz CT molecular complexity index is 1130. The first-order chi connectivity index (χ1) is 12.9. The Morgan fingerprint density at radius 3 is 2.48 bits per heavy atom. The molecule has 1 N–H and O–H groups in total. The molecule has 2 aromatic carbocycles. The average molecular weight is 358 g/mol. The van der Waals surface area contributed by atoms with Gasteiger partial charge >= 0.3 is 0 Å². The highest BCUT2D eigenvalue weighted by atomic mass is 15.4. The number of anilines is 1. The lowest BCUT2D eigenvalue weighted by atomic mass is 9.87. The fraction of sp³-hybridized carbons (Fsp3) is 0.238. The fourth-order valence-electron chi connectivity index (χ4n) is 3.09. The van der Waals surface area contributed by atoms with Crippen LogP contribution in [0.3, 0.4) is 0 Å². The van der Waals surface area contributed by atoms with Crippen LogP contribution < -0.4 is 5.43 Å². The van der Waals surface area contributed by atoms with Gasteiger partial charge in [-0.15, -0.1) is 10.2 Å². The van der Waals surface area contributed by atoms with Crippen LogP contribution in [0.4, 0.5) is 5.95 Å². The quantitative estimate of drug-likeness (QED) is 0.439. The normalized spacial score (nSPS) is 12.3. The number of hydrazone groups is 1. The number of aryl methyl sites for hydroxylation is 1. The molecule has 0 saturated carbocycles. The van der Waals surface area contributed by atoms with Crippen LogP contribution >= 0.6 is 0 Å². The molecule has 4 aromatic rings. The Balaban J connectivity index is 1.56. The van der Waals surface area contributed by atoms with Crippen molar-refractivity contribution in [2.45, 2.75) is 26.2 Å².